The van der Waals surface area contributed by atoms with E-state index in [9.17, 15) is 0 Å². The summed E-state index contributed by atoms with van der Waals surface area (Å²) in [6.45, 7) is 3.15. The van der Waals surface area contributed by atoms with Crippen LogP contribution in [0.1, 0.15) is 24.5 Å². The van der Waals surface area contributed by atoms with Gasteiger partial charge < -0.3 is 20.6 Å². The van der Waals surface area contributed by atoms with Crippen molar-refractivity contribution in [2.75, 3.05) is 19.7 Å². The lowest BCUT2D eigenvalue weighted by Crippen LogP contribution is -2.30. The molecule has 1 heterocycles. The molecule has 0 aliphatic heterocycles. The maximum absolute atomic E-state index is 8.68. The first-order valence-corrected chi connectivity index (χ1v) is 4.94. The van der Waals surface area contributed by atoms with Crippen molar-refractivity contribution < 1.29 is 9.52 Å². The standard InChI is InChI=1S/C10H18N2O2/c1-2-8-3-4-10(14-8)9(7-11)12-5-6-13/h3-4,9,12-13H,2,5-7,11H2,1H3. The molecule has 0 aromatic carbocycles. The fourth-order valence-corrected chi connectivity index (χ4v) is 1.31. The second-order valence-corrected chi connectivity index (χ2v) is 3.12. The quantitative estimate of drug-likeness (QED) is 0.619. The highest BCUT2D eigenvalue weighted by atomic mass is 16.3. The van der Waals surface area contributed by atoms with Crippen LogP contribution in [0.3, 0.4) is 0 Å². The normalized spacial score (nSPS) is 13.1. The Labute approximate surface area is 84.1 Å². The molecular weight excluding hydrogens is 180 g/mol. The van der Waals surface area contributed by atoms with E-state index in [0.717, 1.165) is 17.9 Å². The molecule has 0 saturated heterocycles. The van der Waals surface area contributed by atoms with Gasteiger partial charge in [-0.15, -0.1) is 0 Å². The van der Waals surface area contributed by atoms with Crippen LogP contribution in [-0.4, -0.2) is 24.8 Å². The van der Waals surface area contributed by atoms with E-state index >= 15 is 0 Å². The summed E-state index contributed by atoms with van der Waals surface area (Å²) in [6, 6.07) is 3.89. The zero-order valence-electron chi connectivity index (χ0n) is 8.49. The molecule has 4 nitrogen and oxygen atoms in total. The van der Waals surface area contributed by atoms with Crippen molar-refractivity contribution in [2.24, 2.45) is 5.73 Å². The van der Waals surface area contributed by atoms with Crippen LogP contribution in [0.5, 0.6) is 0 Å². The summed E-state index contributed by atoms with van der Waals surface area (Å²) in [6.07, 6.45) is 0.886. The predicted molar refractivity (Wildman–Crippen MR) is 55.0 cm³/mol. The number of nitrogens with one attached hydrogen (secondary N) is 1. The van der Waals surface area contributed by atoms with Gasteiger partial charge in [-0.25, -0.2) is 0 Å². The van der Waals surface area contributed by atoms with Crippen LogP contribution in [0.2, 0.25) is 0 Å². The van der Waals surface area contributed by atoms with Gasteiger partial charge in [0.05, 0.1) is 12.6 Å². The van der Waals surface area contributed by atoms with E-state index in [1.807, 2.05) is 19.1 Å². The summed E-state index contributed by atoms with van der Waals surface area (Å²) >= 11 is 0. The number of hydrogen-bond donors (Lipinski definition) is 3. The molecule has 0 aliphatic rings. The molecule has 0 fully saturated rings. The van der Waals surface area contributed by atoms with Gasteiger partial charge in [-0.05, 0) is 12.1 Å². The highest BCUT2D eigenvalue weighted by Crippen LogP contribution is 2.15. The Balaban J connectivity index is 2.58. The minimum absolute atomic E-state index is 0.00227. The average Bonchev–Trinajstić information content (AvgIpc) is 2.68. The van der Waals surface area contributed by atoms with Gasteiger partial charge in [0, 0.05) is 19.5 Å². The lowest BCUT2D eigenvalue weighted by Gasteiger charge is -2.13. The third-order valence-electron chi connectivity index (χ3n) is 2.11. The van der Waals surface area contributed by atoms with Crippen LogP contribution in [0.25, 0.3) is 0 Å². The van der Waals surface area contributed by atoms with Crippen LogP contribution in [-0.2, 0) is 6.42 Å². The molecular formula is C10H18N2O2. The SMILES string of the molecule is CCc1ccc(C(CN)NCCO)o1. The van der Waals surface area contributed by atoms with Crippen molar-refractivity contribution in [3.63, 3.8) is 0 Å². The van der Waals surface area contributed by atoms with Gasteiger partial charge >= 0.3 is 0 Å². The first kappa shape index (κ1) is 11.2. The summed E-state index contributed by atoms with van der Waals surface area (Å²) in [5.41, 5.74) is 5.59. The maximum Gasteiger partial charge on any atom is 0.122 e. The minimum Gasteiger partial charge on any atom is -0.464 e. The first-order chi connectivity index (χ1) is 6.81. The minimum atomic E-state index is 0.00227. The van der Waals surface area contributed by atoms with Crippen molar-refractivity contribution in [3.8, 4) is 0 Å². The molecule has 14 heavy (non-hydrogen) atoms. The maximum atomic E-state index is 8.68. The van der Waals surface area contributed by atoms with Crippen molar-refractivity contribution in [1.82, 2.24) is 5.32 Å². The van der Waals surface area contributed by atoms with Crippen LogP contribution < -0.4 is 11.1 Å². The molecule has 1 atom stereocenters. The molecule has 1 rings (SSSR count). The topological polar surface area (TPSA) is 71.4 Å². The third-order valence-corrected chi connectivity index (χ3v) is 2.11. The molecule has 0 saturated carbocycles. The number of hydrogen-bond acceptors (Lipinski definition) is 4. The van der Waals surface area contributed by atoms with E-state index in [-0.39, 0.29) is 12.6 Å². The lowest BCUT2D eigenvalue weighted by molar-refractivity contribution is 0.279. The molecule has 80 valence electrons. The van der Waals surface area contributed by atoms with Crippen molar-refractivity contribution in [1.29, 1.82) is 0 Å². The van der Waals surface area contributed by atoms with Gasteiger partial charge in [-0.2, -0.15) is 0 Å². The van der Waals surface area contributed by atoms with Gasteiger partial charge in [-0.3, -0.25) is 0 Å². The van der Waals surface area contributed by atoms with E-state index in [4.69, 9.17) is 15.3 Å². The molecule has 0 aliphatic carbocycles. The molecule has 0 spiro atoms. The van der Waals surface area contributed by atoms with Crippen molar-refractivity contribution in [2.45, 2.75) is 19.4 Å². The molecule has 1 aromatic heterocycles. The Morgan fingerprint density at radius 2 is 2.36 bits per heavy atom. The lowest BCUT2D eigenvalue weighted by atomic mass is 10.2. The largest absolute Gasteiger partial charge is 0.464 e. The number of aliphatic hydroxyl groups is 1. The third kappa shape index (κ3) is 2.83. The number of aryl methyl sites for hydroxylation is 1. The van der Waals surface area contributed by atoms with Crippen molar-refractivity contribution in [3.05, 3.63) is 23.7 Å². The van der Waals surface area contributed by atoms with E-state index in [0.29, 0.717) is 13.1 Å². The monoisotopic (exact) mass is 198 g/mol. The fourth-order valence-electron chi connectivity index (χ4n) is 1.31. The molecule has 1 unspecified atom stereocenters. The van der Waals surface area contributed by atoms with Crippen LogP contribution in [0, 0.1) is 0 Å². The molecule has 0 bridgehead atoms. The predicted octanol–water partition coefficient (Wildman–Crippen LogP) is 0.424. The number of nitrogens with two attached hydrogens (primary N) is 1. The highest BCUT2D eigenvalue weighted by molar-refractivity contribution is 5.11. The molecule has 1 aromatic rings. The fraction of sp³-hybridized carbons (Fsp3) is 0.600. The van der Waals surface area contributed by atoms with Gasteiger partial charge in [-0.1, -0.05) is 6.92 Å². The van der Waals surface area contributed by atoms with Gasteiger partial charge in [0.1, 0.15) is 11.5 Å². The second kappa shape index (κ2) is 5.80. The molecule has 0 amide bonds. The zero-order valence-corrected chi connectivity index (χ0v) is 8.49. The van der Waals surface area contributed by atoms with E-state index < -0.39 is 0 Å². The second-order valence-electron chi connectivity index (χ2n) is 3.12. The molecule has 4 N–H and O–H groups in total. The molecule has 0 radical (unpaired) electrons. The van der Waals surface area contributed by atoms with Crippen LogP contribution in [0.4, 0.5) is 0 Å². The highest BCUT2D eigenvalue weighted by Gasteiger charge is 2.12. The summed E-state index contributed by atoms with van der Waals surface area (Å²) in [5.74, 6) is 1.81. The van der Waals surface area contributed by atoms with E-state index in [1.165, 1.54) is 0 Å². The van der Waals surface area contributed by atoms with Crippen LogP contribution in [0.15, 0.2) is 16.5 Å². The van der Waals surface area contributed by atoms with E-state index in [1.54, 1.807) is 0 Å². The van der Waals surface area contributed by atoms with Gasteiger partial charge in [0.15, 0.2) is 0 Å². The Morgan fingerprint density at radius 1 is 1.57 bits per heavy atom. The van der Waals surface area contributed by atoms with Crippen LogP contribution >= 0.6 is 0 Å². The Hall–Kier alpha value is -0.840. The number of furan rings is 1. The summed E-state index contributed by atoms with van der Waals surface area (Å²) in [4.78, 5) is 0. The number of rotatable bonds is 6. The molecule has 4 heteroatoms. The number of aliphatic hydroxyl groups excluding tert-OH is 1. The zero-order chi connectivity index (χ0) is 10.4. The Bertz CT molecular complexity index is 260. The average molecular weight is 198 g/mol. The van der Waals surface area contributed by atoms with Gasteiger partial charge in [0.25, 0.3) is 0 Å². The summed E-state index contributed by atoms with van der Waals surface area (Å²) in [7, 11) is 0. The summed E-state index contributed by atoms with van der Waals surface area (Å²) in [5, 5.41) is 11.8. The first-order valence-electron chi connectivity index (χ1n) is 4.94. The smallest absolute Gasteiger partial charge is 0.122 e. The summed E-state index contributed by atoms with van der Waals surface area (Å²) < 4.78 is 5.56. The van der Waals surface area contributed by atoms with Gasteiger partial charge in [0.2, 0.25) is 0 Å². The Morgan fingerprint density at radius 3 is 2.86 bits per heavy atom. The van der Waals surface area contributed by atoms with Crippen molar-refractivity contribution >= 4 is 0 Å². The van der Waals surface area contributed by atoms with E-state index in [2.05, 4.69) is 5.32 Å². The Kier molecular flexibility index (Phi) is 4.65.